The van der Waals surface area contributed by atoms with E-state index in [2.05, 4.69) is 33.0 Å². The average molecular weight is 685 g/mol. The molecule has 1 amide bonds. The highest BCUT2D eigenvalue weighted by Gasteiger charge is 2.23. The third-order valence-electron chi connectivity index (χ3n) is 8.91. The summed E-state index contributed by atoms with van der Waals surface area (Å²) in [6.45, 7) is 9.20. The molecule has 0 saturated heterocycles. The minimum absolute atomic E-state index is 0.0650. The molecule has 9 heteroatoms. The summed E-state index contributed by atoms with van der Waals surface area (Å²) >= 11 is 0. The Labute approximate surface area is 294 Å². The zero-order valence-corrected chi connectivity index (χ0v) is 31.5. The summed E-state index contributed by atoms with van der Waals surface area (Å²) in [5.41, 5.74) is 5.60. The van der Waals surface area contributed by atoms with E-state index in [0.717, 1.165) is 50.4 Å². The molecule has 0 aliphatic rings. The van der Waals surface area contributed by atoms with Crippen LogP contribution in [0.3, 0.4) is 0 Å². The van der Waals surface area contributed by atoms with Crippen LogP contribution in [0.25, 0.3) is 0 Å². The molecule has 0 aliphatic heterocycles. The average Bonchev–Trinajstić information content (AvgIpc) is 3.03. The lowest BCUT2D eigenvalue weighted by Crippen LogP contribution is -2.43. The fourth-order valence-corrected chi connectivity index (χ4v) is 5.85. The highest BCUT2D eigenvalue weighted by atomic mass is 16.6. The molecule has 5 N–H and O–H groups in total. The molecule has 0 spiro atoms. The van der Waals surface area contributed by atoms with Crippen LogP contribution in [0.4, 0.5) is 0 Å². The zero-order chi connectivity index (χ0) is 35.8. The van der Waals surface area contributed by atoms with Crippen LogP contribution in [0.15, 0.2) is 0 Å². The van der Waals surface area contributed by atoms with E-state index >= 15 is 0 Å². The maximum atomic E-state index is 12.7. The monoisotopic (exact) mass is 685 g/mol. The maximum Gasteiger partial charge on any atom is 0.335 e. The molecule has 0 aromatic carbocycles. The highest BCUT2D eigenvalue weighted by Crippen LogP contribution is 2.16. The summed E-state index contributed by atoms with van der Waals surface area (Å²) in [4.78, 5) is 37.5. The highest BCUT2D eigenvalue weighted by molar-refractivity contribution is 5.84. The lowest BCUT2D eigenvalue weighted by molar-refractivity contribution is -0.159. The Hall–Kier alpha value is -1.71. The molecular weight excluding hydrogens is 608 g/mol. The van der Waals surface area contributed by atoms with E-state index in [1.165, 1.54) is 77.0 Å². The number of aliphatic hydroxyl groups is 2. The van der Waals surface area contributed by atoms with Gasteiger partial charge in [-0.05, 0) is 50.5 Å². The van der Waals surface area contributed by atoms with Gasteiger partial charge in [-0.15, -0.1) is 0 Å². The summed E-state index contributed by atoms with van der Waals surface area (Å²) in [6, 6.07) is -0.863. The van der Waals surface area contributed by atoms with Crippen molar-refractivity contribution in [3.8, 4) is 0 Å². The van der Waals surface area contributed by atoms with Gasteiger partial charge in [0.2, 0.25) is 5.91 Å². The molecule has 48 heavy (non-hydrogen) atoms. The minimum atomic E-state index is -1.18. The third kappa shape index (κ3) is 30.4. The van der Waals surface area contributed by atoms with Gasteiger partial charge in [0.1, 0.15) is 19.3 Å². The number of esters is 2. The first kappa shape index (κ1) is 46.3. The molecule has 0 saturated carbocycles. The molecule has 0 bridgehead atoms. The van der Waals surface area contributed by atoms with Gasteiger partial charge in [-0.25, -0.2) is 9.59 Å². The van der Waals surface area contributed by atoms with Crippen LogP contribution in [0, 0.1) is 11.8 Å². The van der Waals surface area contributed by atoms with Crippen molar-refractivity contribution in [3.63, 3.8) is 0 Å². The van der Waals surface area contributed by atoms with Crippen LogP contribution in [-0.4, -0.2) is 66.1 Å². The molecule has 0 fully saturated rings. The first-order valence-corrected chi connectivity index (χ1v) is 19.8. The molecule has 0 aromatic rings. The number of unbranched alkanes of at least 4 members (excludes halogenated alkanes) is 15. The Balaban J connectivity index is 4.16. The second kappa shape index (κ2) is 32.5. The molecule has 284 valence electrons. The van der Waals surface area contributed by atoms with Gasteiger partial charge in [0.15, 0.2) is 6.10 Å². The van der Waals surface area contributed by atoms with Crippen LogP contribution in [-0.2, 0) is 23.9 Å². The predicted octanol–water partition coefficient (Wildman–Crippen LogP) is 7.91. The van der Waals surface area contributed by atoms with E-state index in [0.29, 0.717) is 38.6 Å². The smallest absolute Gasteiger partial charge is 0.335 e. The summed E-state index contributed by atoms with van der Waals surface area (Å²) in [5, 5.41) is 23.2. The van der Waals surface area contributed by atoms with E-state index in [9.17, 15) is 24.6 Å². The van der Waals surface area contributed by atoms with Gasteiger partial charge < -0.3 is 30.7 Å². The Morgan fingerprint density at radius 1 is 0.542 bits per heavy atom. The van der Waals surface area contributed by atoms with Crippen molar-refractivity contribution in [1.82, 2.24) is 5.32 Å². The molecule has 0 aliphatic carbocycles. The number of amides is 1. The molecule has 0 heterocycles. The van der Waals surface area contributed by atoms with Gasteiger partial charge >= 0.3 is 11.9 Å². The van der Waals surface area contributed by atoms with Crippen LogP contribution in [0.1, 0.15) is 182 Å². The summed E-state index contributed by atoms with van der Waals surface area (Å²) in [5.74, 6) is -0.159. The first-order chi connectivity index (χ1) is 23.1. The number of carbonyl (C=O) groups is 3. The van der Waals surface area contributed by atoms with Crippen LogP contribution in [0.5, 0.6) is 0 Å². The molecule has 3 unspecified atom stereocenters. The van der Waals surface area contributed by atoms with Crippen molar-refractivity contribution in [2.24, 2.45) is 17.6 Å². The molecule has 0 rings (SSSR count). The maximum absolute atomic E-state index is 12.7. The van der Waals surface area contributed by atoms with Crippen LogP contribution < -0.4 is 11.1 Å². The first-order valence-electron chi connectivity index (χ1n) is 19.8. The number of ether oxygens (including phenoxy) is 2. The predicted molar refractivity (Wildman–Crippen MR) is 195 cm³/mol. The van der Waals surface area contributed by atoms with Crippen molar-refractivity contribution >= 4 is 17.8 Å². The quantitative estimate of drug-likeness (QED) is 0.0395. The number of hydrogen-bond acceptors (Lipinski definition) is 8. The third-order valence-corrected chi connectivity index (χ3v) is 8.91. The van der Waals surface area contributed by atoms with Crippen molar-refractivity contribution in [2.45, 2.75) is 200 Å². The number of carbonyl (C=O) groups excluding carboxylic acids is 3. The van der Waals surface area contributed by atoms with E-state index < -0.39 is 36.1 Å². The SMILES string of the molecule is CC(C)CCCCCCCCCCC(O)CC(=O)NC(CCCCN)C(=O)OCCOC(=O)C(O)CCCCCCCCCCC(C)C. The Bertz CT molecular complexity index is 777. The topological polar surface area (TPSA) is 148 Å². The second-order valence-corrected chi connectivity index (χ2v) is 14.7. The number of nitrogens with two attached hydrogens (primary N) is 1. The normalized spacial score (nSPS) is 13.4. The molecule has 0 aromatic heterocycles. The van der Waals surface area contributed by atoms with E-state index in [1.54, 1.807) is 0 Å². The van der Waals surface area contributed by atoms with Crippen molar-refractivity contribution in [3.05, 3.63) is 0 Å². The molecule has 0 radical (unpaired) electrons. The van der Waals surface area contributed by atoms with Gasteiger partial charge in [0.05, 0.1) is 12.5 Å². The van der Waals surface area contributed by atoms with E-state index in [4.69, 9.17) is 15.2 Å². The largest absolute Gasteiger partial charge is 0.461 e. The standard InChI is InChI=1S/C39H76N2O7/c1-32(2)23-17-13-9-5-7-11-15-19-25-34(42)31-37(44)41-35(26-21-22-28-40)38(45)47-29-30-48-39(46)36(43)27-20-16-12-8-6-10-14-18-24-33(3)4/h32-36,42-43H,5-31,40H2,1-4H3,(H,41,44). The minimum Gasteiger partial charge on any atom is -0.461 e. The fourth-order valence-electron chi connectivity index (χ4n) is 5.85. The van der Waals surface area contributed by atoms with Gasteiger partial charge in [-0.2, -0.15) is 0 Å². The van der Waals surface area contributed by atoms with E-state index in [-0.39, 0.29) is 19.6 Å². The van der Waals surface area contributed by atoms with Gasteiger partial charge in [-0.1, -0.05) is 143 Å². The van der Waals surface area contributed by atoms with E-state index in [1.807, 2.05) is 0 Å². The molecular formula is C39H76N2O7. The fraction of sp³-hybridized carbons (Fsp3) is 0.923. The zero-order valence-electron chi connectivity index (χ0n) is 31.5. The number of aliphatic hydroxyl groups excluding tert-OH is 2. The van der Waals surface area contributed by atoms with Crippen LogP contribution >= 0.6 is 0 Å². The Kier molecular flexibility index (Phi) is 31.3. The van der Waals surface area contributed by atoms with Crippen LogP contribution in [0.2, 0.25) is 0 Å². The molecule has 9 nitrogen and oxygen atoms in total. The van der Waals surface area contributed by atoms with Crippen molar-refractivity contribution < 1.29 is 34.1 Å². The lowest BCUT2D eigenvalue weighted by atomic mass is 10.0. The second-order valence-electron chi connectivity index (χ2n) is 14.7. The van der Waals surface area contributed by atoms with Gasteiger partial charge in [-0.3, -0.25) is 4.79 Å². The van der Waals surface area contributed by atoms with Crippen molar-refractivity contribution in [1.29, 1.82) is 0 Å². The number of hydrogen-bond donors (Lipinski definition) is 4. The van der Waals surface area contributed by atoms with Gasteiger partial charge in [0, 0.05) is 0 Å². The summed E-state index contributed by atoms with van der Waals surface area (Å²) < 4.78 is 10.4. The Morgan fingerprint density at radius 3 is 1.40 bits per heavy atom. The molecule has 3 atom stereocenters. The van der Waals surface area contributed by atoms with Gasteiger partial charge in [0.25, 0.3) is 0 Å². The Morgan fingerprint density at radius 2 is 0.938 bits per heavy atom. The van der Waals surface area contributed by atoms with Crippen molar-refractivity contribution in [2.75, 3.05) is 19.8 Å². The summed E-state index contributed by atoms with van der Waals surface area (Å²) in [6.07, 6.45) is 21.8. The summed E-state index contributed by atoms with van der Waals surface area (Å²) in [7, 11) is 0. The number of rotatable bonds is 34. The number of nitrogens with one attached hydrogen (secondary N) is 1. The lowest BCUT2D eigenvalue weighted by Gasteiger charge is -2.19.